The minimum atomic E-state index is -1.56. The van der Waals surface area contributed by atoms with E-state index in [1.54, 1.807) is 0 Å². The van der Waals surface area contributed by atoms with Crippen molar-refractivity contribution in [2.45, 2.75) is 52.5 Å². The summed E-state index contributed by atoms with van der Waals surface area (Å²) in [5, 5.41) is 6.90. The molecular weight excluding hydrogens is 424 g/mol. The van der Waals surface area contributed by atoms with Gasteiger partial charge in [0.15, 0.2) is 0 Å². The largest absolute Gasteiger partial charge is 0.471 e. The summed E-state index contributed by atoms with van der Waals surface area (Å²) in [6.07, 6.45) is 3.64. The molecule has 0 unspecified atom stereocenters. The zero-order chi connectivity index (χ0) is 22.7. The molecule has 4 aromatic rings. The molecule has 0 amide bonds. The van der Waals surface area contributed by atoms with Crippen molar-refractivity contribution in [2.24, 2.45) is 0 Å². The highest BCUT2D eigenvalue weighted by Gasteiger charge is 2.20. The smallest absolute Gasteiger partial charge is 0.129 e. The summed E-state index contributed by atoms with van der Waals surface area (Å²) in [5.41, 5.74) is 12.0. The molecule has 0 radical (unpaired) electrons. The third-order valence-electron chi connectivity index (χ3n) is 5.67. The molecule has 0 N–H and O–H groups in total. The van der Waals surface area contributed by atoms with Crippen molar-refractivity contribution in [1.82, 2.24) is 0 Å². The van der Waals surface area contributed by atoms with E-state index in [1.807, 2.05) is 12.5 Å². The minimum Gasteiger partial charge on any atom is -0.471 e. The monoisotopic (exact) mass is 452 g/mol. The molecule has 1 aromatic heterocycles. The van der Waals surface area contributed by atoms with Crippen molar-refractivity contribution in [3.05, 3.63) is 59.0 Å². The van der Waals surface area contributed by atoms with Gasteiger partial charge in [-0.05, 0) is 56.9 Å². The normalized spacial score (nSPS) is 13.7. The summed E-state index contributed by atoms with van der Waals surface area (Å²) < 4.78 is 11.3. The third kappa shape index (κ3) is 3.91. The van der Waals surface area contributed by atoms with Crippen LogP contribution >= 0.6 is 0 Å². The van der Waals surface area contributed by atoms with Gasteiger partial charge in [0.25, 0.3) is 0 Å². The van der Waals surface area contributed by atoms with Gasteiger partial charge in [0.2, 0.25) is 0 Å². The molecule has 2 heterocycles. The number of hydrogen-bond donors (Lipinski definition) is 0. The van der Waals surface area contributed by atoms with Gasteiger partial charge in [0, 0.05) is 21.9 Å². The molecule has 2 nitrogen and oxygen atoms in total. The van der Waals surface area contributed by atoms with Gasteiger partial charge >= 0.3 is 0 Å². The van der Waals surface area contributed by atoms with E-state index >= 15 is 0 Å². The standard InChI is InChI=1S/C28H28O2Si2/c1-31(2,3)9-7-23-25-11-19-15-29-17-21(19)13-27(25)24(8-10-32(4,5)6)28-14-22-18-30-16-20(22)12-26(23)28/h11-15,17H,16,18H2,1-6H3. The fourth-order valence-electron chi connectivity index (χ4n) is 4.13. The summed E-state index contributed by atoms with van der Waals surface area (Å²) >= 11 is 0. The van der Waals surface area contributed by atoms with E-state index in [4.69, 9.17) is 9.15 Å². The van der Waals surface area contributed by atoms with Crippen LogP contribution in [0.2, 0.25) is 39.3 Å². The molecule has 1 aliphatic rings. The Kier molecular flexibility index (Phi) is 4.87. The molecule has 4 heteroatoms. The molecule has 32 heavy (non-hydrogen) atoms. The minimum absolute atomic E-state index is 0.668. The second kappa shape index (κ2) is 7.39. The lowest BCUT2D eigenvalue weighted by Gasteiger charge is -2.14. The van der Waals surface area contributed by atoms with Gasteiger partial charge in [0.05, 0.1) is 25.7 Å². The molecule has 5 rings (SSSR count). The number of rotatable bonds is 0. The first-order valence-corrected chi connectivity index (χ1v) is 18.1. The van der Waals surface area contributed by atoms with Crippen molar-refractivity contribution in [3.63, 3.8) is 0 Å². The Morgan fingerprint density at radius 3 is 1.44 bits per heavy atom. The number of benzene rings is 3. The van der Waals surface area contributed by atoms with E-state index in [1.165, 1.54) is 21.9 Å². The summed E-state index contributed by atoms with van der Waals surface area (Å²) in [5.74, 6) is 7.24. The summed E-state index contributed by atoms with van der Waals surface area (Å²) in [7, 11) is -3.11. The zero-order valence-electron chi connectivity index (χ0n) is 19.7. The van der Waals surface area contributed by atoms with Crippen LogP contribution in [0.5, 0.6) is 0 Å². The fourth-order valence-corrected chi connectivity index (χ4v) is 5.13. The van der Waals surface area contributed by atoms with Gasteiger partial charge in [-0.2, -0.15) is 0 Å². The maximum Gasteiger partial charge on any atom is 0.129 e. The van der Waals surface area contributed by atoms with Gasteiger partial charge in [-0.3, -0.25) is 0 Å². The average Bonchev–Trinajstić information content (AvgIpc) is 3.34. The van der Waals surface area contributed by atoms with Crippen LogP contribution in [0, 0.1) is 22.9 Å². The molecule has 0 saturated heterocycles. The van der Waals surface area contributed by atoms with Crippen LogP contribution in [-0.4, -0.2) is 16.1 Å². The zero-order valence-corrected chi connectivity index (χ0v) is 21.7. The fraction of sp³-hybridized carbons (Fsp3) is 0.286. The number of furan rings is 1. The van der Waals surface area contributed by atoms with Crippen LogP contribution in [-0.2, 0) is 18.0 Å². The molecule has 0 saturated carbocycles. The van der Waals surface area contributed by atoms with Gasteiger partial charge in [0.1, 0.15) is 16.1 Å². The highest BCUT2D eigenvalue weighted by Crippen LogP contribution is 2.38. The molecule has 0 spiro atoms. The average molecular weight is 453 g/mol. The van der Waals surface area contributed by atoms with Crippen LogP contribution in [0.15, 0.2) is 41.2 Å². The van der Waals surface area contributed by atoms with Crippen molar-refractivity contribution < 1.29 is 9.15 Å². The molecule has 1 aliphatic heterocycles. The molecular formula is C28H28O2Si2. The van der Waals surface area contributed by atoms with Crippen LogP contribution in [0.3, 0.4) is 0 Å². The van der Waals surface area contributed by atoms with Crippen molar-refractivity contribution >= 4 is 48.5 Å². The van der Waals surface area contributed by atoms with Gasteiger partial charge < -0.3 is 9.15 Å². The van der Waals surface area contributed by atoms with E-state index < -0.39 is 16.1 Å². The SMILES string of the molecule is C[Si](C)(C)C#Cc1c2cc3c(cc2c(C#C[Si](C)(C)C)c2cc4cocc4cc12)COC3. The van der Waals surface area contributed by atoms with Crippen LogP contribution in [0.25, 0.3) is 32.3 Å². The lowest BCUT2D eigenvalue weighted by atomic mass is 9.89. The highest BCUT2D eigenvalue weighted by atomic mass is 28.3. The quantitative estimate of drug-likeness (QED) is 0.159. The Hall–Kier alpha value is -2.77. The summed E-state index contributed by atoms with van der Waals surface area (Å²) in [6.45, 7) is 15.1. The topological polar surface area (TPSA) is 22.4 Å². The Labute approximate surface area is 192 Å². The summed E-state index contributed by atoms with van der Waals surface area (Å²) in [6, 6.07) is 9.05. The van der Waals surface area contributed by atoms with Gasteiger partial charge in [-0.1, -0.05) is 51.1 Å². The van der Waals surface area contributed by atoms with E-state index in [2.05, 4.69) is 86.5 Å². The van der Waals surface area contributed by atoms with Crippen molar-refractivity contribution in [2.75, 3.05) is 0 Å². The van der Waals surface area contributed by atoms with Gasteiger partial charge in [-0.15, -0.1) is 11.1 Å². The number of hydrogen-bond acceptors (Lipinski definition) is 2. The highest BCUT2D eigenvalue weighted by molar-refractivity contribution is 6.84. The van der Waals surface area contributed by atoms with Crippen LogP contribution in [0.1, 0.15) is 22.3 Å². The third-order valence-corrected chi connectivity index (χ3v) is 7.42. The first-order chi connectivity index (χ1) is 15.1. The second-order valence-corrected chi connectivity index (χ2v) is 20.3. The molecule has 3 aromatic carbocycles. The van der Waals surface area contributed by atoms with Crippen molar-refractivity contribution in [3.8, 4) is 22.9 Å². The van der Waals surface area contributed by atoms with Crippen LogP contribution < -0.4 is 0 Å². The van der Waals surface area contributed by atoms with Crippen molar-refractivity contribution in [1.29, 1.82) is 0 Å². The molecule has 0 atom stereocenters. The maximum absolute atomic E-state index is 5.77. The predicted octanol–water partition coefficient (Wildman–Crippen LogP) is 7.23. The second-order valence-electron chi connectivity index (χ2n) is 10.8. The molecule has 0 fully saturated rings. The number of fused-ring (bicyclic) bond motifs is 4. The predicted molar refractivity (Wildman–Crippen MR) is 140 cm³/mol. The van der Waals surface area contributed by atoms with E-state index in [9.17, 15) is 0 Å². The Bertz CT molecular complexity index is 1410. The Balaban J connectivity index is 1.99. The van der Waals surface area contributed by atoms with Crippen LogP contribution in [0.4, 0.5) is 0 Å². The molecule has 160 valence electrons. The maximum atomic E-state index is 5.77. The van der Waals surface area contributed by atoms with E-state index in [0.717, 1.165) is 32.7 Å². The Morgan fingerprint density at radius 1 is 0.625 bits per heavy atom. The summed E-state index contributed by atoms with van der Waals surface area (Å²) in [4.78, 5) is 0. The first kappa shape index (κ1) is 21.1. The number of ether oxygens (including phenoxy) is 1. The van der Waals surface area contributed by atoms with Gasteiger partial charge in [-0.25, -0.2) is 0 Å². The molecule has 0 aliphatic carbocycles. The lowest BCUT2D eigenvalue weighted by molar-refractivity contribution is 0.134. The first-order valence-electron chi connectivity index (χ1n) is 11.1. The Morgan fingerprint density at radius 2 is 1.03 bits per heavy atom. The lowest BCUT2D eigenvalue weighted by Crippen LogP contribution is -2.16. The van der Waals surface area contributed by atoms with E-state index in [-0.39, 0.29) is 0 Å². The molecule has 0 bridgehead atoms. The van der Waals surface area contributed by atoms with E-state index in [0.29, 0.717) is 13.2 Å².